The summed E-state index contributed by atoms with van der Waals surface area (Å²) in [5, 5.41) is 9.61. The van der Waals surface area contributed by atoms with Gasteiger partial charge in [-0.3, -0.25) is 0 Å². The molecule has 0 saturated carbocycles. The van der Waals surface area contributed by atoms with Gasteiger partial charge in [0.25, 0.3) is 0 Å². The molecule has 4 rings (SSSR count). The highest BCUT2D eigenvalue weighted by Gasteiger charge is 2.20. The molecular formula is C28H32I2S. The Balaban J connectivity index is 2.22. The van der Waals surface area contributed by atoms with Gasteiger partial charge in [-0.2, -0.15) is 0 Å². The van der Waals surface area contributed by atoms with Crippen LogP contribution in [0.3, 0.4) is 0 Å². The van der Waals surface area contributed by atoms with E-state index in [1.807, 2.05) is 11.3 Å². The van der Waals surface area contributed by atoms with Crippen molar-refractivity contribution in [2.75, 3.05) is 0 Å². The number of hydrogen-bond acceptors (Lipinski definition) is 1. The van der Waals surface area contributed by atoms with Crippen LogP contribution in [0.1, 0.15) is 75.6 Å². The molecule has 0 unspecified atom stereocenters. The molecule has 0 amide bonds. The van der Waals surface area contributed by atoms with Crippen molar-refractivity contribution in [2.24, 2.45) is 0 Å². The lowest BCUT2D eigenvalue weighted by Crippen LogP contribution is -2.07. The molecule has 0 N–H and O–H groups in total. The van der Waals surface area contributed by atoms with E-state index in [0.29, 0.717) is 0 Å². The van der Waals surface area contributed by atoms with Gasteiger partial charge < -0.3 is 0 Å². The predicted molar refractivity (Wildman–Crippen MR) is 158 cm³/mol. The molecule has 0 aliphatic heterocycles. The fourth-order valence-corrected chi connectivity index (χ4v) is 8.29. The highest BCUT2D eigenvalue weighted by molar-refractivity contribution is 14.1. The van der Waals surface area contributed by atoms with Crippen molar-refractivity contribution in [1.82, 2.24) is 0 Å². The van der Waals surface area contributed by atoms with Gasteiger partial charge in [-0.05, 0) is 138 Å². The summed E-state index contributed by atoms with van der Waals surface area (Å²) in [7, 11) is 0. The molecule has 0 bridgehead atoms. The largest absolute Gasteiger partial charge is 0.143 e. The maximum atomic E-state index is 2.59. The van der Waals surface area contributed by atoms with Crippen molar-refractivity contribution in [1.29, 1.82) is 0 Å². The Labute approximate surface area is 218 Å². The molecule has 0 nitrogen and oxygen atoms in total. The summed E-state index contributed by atoms with van der Waals surface area (Å²) in [6.45, 7) is 9.36. The minimum atomic E-state index is 1.19. The van der Waals surface area contributed by atoms with Gasteiger partial charge in [0, 0.05) is 17.2 Å². The van der Waals surface area contributed by atoms with E-state index in [4.69, 9.17) is 0 Å². The Morgan fingerprint density at radius 3 is 1.52 bits per heavy atom. The van der Waals surface area contributed by atoms with Crippen molar-refractivity contribution in [3.05, 3.63) is 53.0 Å². The quantitative estimate of drug-likeness (QED) is 0.131. The first-order chi connectivity index (χ1) is 15.1. The SMILES string of the molecule is CCCc1c(CCC)c(CCC)c2cc3c(I)c4sccc4c(I)c3cc2c1CCC. The molecule has 0 radical (unpaired) electrons. The topological polar surface area (TPSA) is 0 Å². The second kappa shape index (κ2) is 10.3. The summed E-state index contributed by atoms with van der Waals surface area (Å²) in [5.41, 5.74) is 6.65. The summed E-state index contributed by atoms with van der Waals surface area (Å²) in [4.78, 5) is 0. The van der Waals surface area contributed by atoms with E-state index in [0.717, 1.165) is 0 Å². The van der Waals surface area contributed by atoms with E-state index in [1.165, 1.54) is 90.1 Å². The monoisotopic (exact) mass is 654 g/mol. The smallest absolute Gasteiger partial charge is 0.0493 e. The van der Waals surface area contributed by atoms with E-state index in [-0.39, 0.29) is 0 Å². The van der Waals surface area contributed by atoms with Crippen molar-refractivity contribution in [3.63, 3.8) is 0 Å². The molecule has 4 aromatic rings. The summed E-state index contributed by atoms with van der Waals surface area (Å²) in [6, 6.07) is 7.42. The first kappa shape index (κ1) is 23.7. The first-order valence-corrected chi connectivity index (χ1v) is 14.9. The Morgan fingerprint density at radius 1 is 0.581 bits per heavy atom. The van der Waals surface area contributed by atoms with E-state index >= 15 is 0 Å². The van der Waals surface area contributed by atoms with Gasteiger partial charge in [0.2, 0.25) is 0 Å². The van der Waals surface area contributed by atoms with Crippen LogP contribution in [0, 0.1) is 7.14 Å². The third kappa shape index (κ3) is 4.16. The van der Waals surface area contributed by atoms with Crippen molar-refractivity contribution < 1.29 is 0 Å². The predicted octanol–water partition coefficient (Wildman–Crippen LogP) is 10.2. The molecular weight excluding hydrogens is 622 g/mol. The second-order valence-corrected chi connectivity index (χ2v) is 11.7. The Bertz CT molecular complexity index is 1150. The maximum Gasteiger partial charge on any atom is 0.0493 e. The standard InChI is InChI=1S/C28H32I2S/c1-5-9-17-18(10-6-2)20(12-8-4)23-16-25-24(15-22(23)19(17)11-7-3)26(29)21-13-14-31-28(21)27(25)30/h13-16H,5-12H2,1-4H3. The summed E-state index contributed by atoms with van der Waals surface area (Å²) >= 11 is 7.07. The van der Waals surface area contributed by atoms with Crippen molar-refractivity contribution in [3.8, 4) is 0 Å². The van der Waals surface area contributed by atoms with Gasteiger partial charge in [-0.15, -0.1) is 11.3 Å². The lowest BCUT2D eigenvalue weighted by atomic mass is 9.82. The molecule has 1 aromatic heterocycles. The fraction of sp³-hybridized carbons (Fsp3) is 0.429. The molecule has 0 saturated heterocycles. The normalized spacial score (nSPS) is 11.9. The zero-order valence-corrected chi connectivity index (χ0v) is 24.3. The number of fused-ring (bicyclic) bond motifs is 3. The van der Waals surface area contributed by atoms with Gasteiger partial charge in [0.1, 0.15) is 0 Å². The molecule has 1 heterocycles. The average Bonchev–Trinajstić information content (AvgIpc) is 3.26. The molecule has 3 heteroatoms. The van der Waals surface area contributed by atoms with Gasteiger partial charge in [-0.1, -0.05) is 53.4 Å². The molecule has 0 fully saturated rings. The van der Waals surface area contributed by atoms with Crippen LogP contribution in [0.15, 0.2) is 23.6 Å². The second-order valence-electron chi connectivity index (χ2n) is 8.65. The van der Waals surface area contributed by atoms with Crippen molar-refractivity contribution in [2.45, 2.75) is 79.1 Å². The van der Waals surface area contributed by atoms with Crippen LogP contribution in [0.4, 0.5) is 0 Å². The summed E-state index contributed by atoms with van der Waals surface area (Å²) < 4.78 is 4.29. The Morgan fingerprint density at radius 2 is 1.03 bits per heavy atom. The number of rotatable bonds is 8. The molecule has 3 aromatic carbocycles. The molecule has 0 atom stereocenters. The van der Waals surface area contributed by atoms with Crippen LogP contribution < -0.4 is 0 Å². The van der Waals surface area contributed by atoms with Gasteiger partial charge >= 0.3 is 0 Å². The van der Waals surface area contributed by atoms with Crippen molar-refractivity contribution >= 4 is 88.1 Å². The lowest BCUT2D eigenvalue weighted by molar-refractivity contribution is 0.810. The first-order valence-electron chi connectivity index (χ1n) is 11.8. The number of halogens is 2. The molecule has 164 valence electrons. The fourth-order valence-electron chi connectivity index (χ4n) is 5.25. The van der Waals surface area contributed by atoms with Gasteiger partial charge in [-0.25, -0.2) is 0 Å². The third-order valence-electron chi connectivity index (χ3n) is 6.47. The third-order valence-corrected chi connectivity index (χ3v) is 10.1. The molecule has 0 spiro atoms. The molecule has 31 heavy (non-hydrogen) atoms. The number of hydrogen-bond donors (Lipinski definition) is 0. The number of benzene rings is 3. The van der Waals surface area contributed by atoms with Crippen LogP contribution in [0.5, 0.6) is 0 Å². The zero-order chi connectivity index (χ0) is 22.1. The minimum absolute atomic E-state index is 1.19. The Hall–Kier alpha value is -0.400. The van der Waals surface area contributed by atoms with Crippen LogP contribution in [0.2, 0.25) is 0 Å². The Kier molecular flexibility index (Phi) is 7.85. The van der Waals surface area contributed by atoms with E-state index in [9.17, 15) is 0 Å². The number of aryl methyl sites for hydroxylation is 2. The van der Waals surface area contributed by atoms with E-state index < -0.39 is 0 Å². The van der Waals surface area contributed by atoms with Gasteiger partial charge in [0.05, 0.1) is 0 Å². The van der Waals surface area contributed by atoms with Crippen LogP contribution >= 0.6 is 56.5 Å². The highest BCUT2D eigenvalue weighted by atomic mass is 127. The van der Waals surface area contributed by atoms with E-state index in [2.05, 4.69) is 96.5 Å². The van der Waals surface area contributed by atoms with Crippen LogP contribution in [0.25, 0.3) is 31.6 Å². The van der Waals surface area contributed by atoms with Crippen LogP contribution in [-0.4, -0.2) is 0 Å². The maximum absolute atomic E-state index is 2.59. The highest BCUT2D eigenvalue weighted by Crippen LogP contribution is 2.42. The lowest BCUT2D eigenvalue weighted by Gasteiger charge is -2.23. The molecule has 0 aliphatic carbocycles. The average molecular weight is 654 g/mol. The number of thiophene rings is 1. The molecule has 0 aliphatic rings. The minimum Gasteiger partial charge on any atom is -0.143 e. The van der Waals surface area contributed by atoms with Crippen LogP contribution in [-0.2, 0) is 25.7 Å². The summed E-state index contributed by atoms with van der Waals surface area (Å²) in [6.07, 6.45) is 9.68. The van der Waals surface area contributed by atoms with Gasteiger partial charge in [0.15, 0.2) is 0 Å². The summed E-state index contributed by atoms with van der Waals surface area (Å²) in [5.74, 6) is 0. The van der Waals surface area contributed by atoms with E-state index in [1.54, 1.807) is 22.3 Å². The zero-order valence-electron chi connectivity index (χ0n) is 19.1.